The van der Waals surface area contributed by atoms with Gasteiger partial charge in [0.2, 0.25) is 0 Å². The molecule has 2 aliphatic rings. The van der Waals surface area contributed by atoms with Crippen molar-refractivity contribution >= 4 is 12.0 Å². The molecule has 1 aromatic heterocycles. The van der Waals surface area contributed by atoms with Gasteiger partial charge in [-0.15, -0.1) is 0 Å². The standard InChI is InChI=1S/C16H24FN3.C16H26.C2H4O/c1-3-20-15-9-5-4-8-14(15)16(18-20)12(2)19-10-6-7-13(17)11-19;1-5-7-11-15(9-6-2)16-12-8-10-13(3)14(16)4;1-2-3/h13H,2-11H2,1H3;8,10,12,15H,5-7,9,11H2,1-4H3;2H,1H3. The molecule has 0 bridgehead atoms. The Morgan fingerprint density at radius 2 is 1.85 bits per heavy atom. The zero-order valence-corrected chi connectivity index (χ0v) is 25.7. The van der Waals surface area contributed by atoms with Crippen molar-refractivity contribution in [1.82, 2.24) is 14.7 Å². The Bertz CT molecular complexity index is 1030. The van der Waals surface area contributed by atoms with Crippen LogP contribution in [0.3, 0.4) is 0 Å². The molecule has 0 N–H and O–H groups in total. The fraction of sp³-hybridized carbons (Fsp3) is 0.647. The largest absolute Gasteiger partial charge is 0.367 e. The Morgan fingerprint density at radius 1 is 1.13 bits per heavy atom. The van der Waals surface area contributed by atoms with Gasteiger partial charge in [0.05, 0.1) is 5.70 Å². The third-order valence-electron chi connectivity index (χ3n) is 8.20. The number of likely N-dealkylation sites (tertiary alicyclic amines) is 1. The van der Waals surface area contributed by atoms with Crippen molar-refractivity contribution in [1.29, 1.82) is 0 Å². The average molecular weight is 540 g/mol. The van der Waals surface area contributed by atoms with Gasteiger partial charge in [0.25, 0.3) is 0 Å². The predicted octanol–water partition coefficient (Wildman–Crippen LogP) is 8.77. The van der Waals surface area contributed by atoms with Crippen LogP contribution >= 0.6 is 0 Å². The lowest BCUT2D eigenvalue weighted by Crippen LogP contribution is -2.35. The fourth-order valence-corrected chi connectivity index (χ4v) is 5.95. The molecule has 1 aromatic carbocycles. The van der Waals surface area contributed by atoms with Crippen LogP contribution < -0.4 is 0 Å². The highest BCUT2D eigenvalue weighted by Gasteiger charge is 2.27. The molecule has 218 valence electrons. The molecule has 39 heavy (non-hydrogen) atoms. The molecule has 4 nitrogen and oxygen atoms in total. The number of carbonyl (C=O) groups is 1. The van der Waals surface area contributed by atoms with Gasteiger partial charge in [-0.3, -0.25) is 4.68 Å². The number of halogens is 1. The molecule has 2 unspecified atom stereocenters. The van der Waals surface area contributed by atoms with Crippen LogP contribution in [0.4, 0.5) is 4.39 Å². The van der Waals surface area contributed by atoms with E-state index in [0.29, 0.717) is 13.0 Å². The second-order valence-electron chi connectivity index (χ2n) is 11.1. The first kappa shape index (κ1) is 32.8. The number of hydrogen-bond acceptors (Lipinski definition) is 3. The first-order chi connectivity index (χ1) is 18.8. The van der Waals surface area contributed by atoms with Crippen molar-refractivity contribution in [2.24, 2.45) is 0 Å². The van der Waals surface area contributed by atoms with Gasteiger partial charge in [-0.05, 0) is 102 Å². The zero-order chi connectivity index (χ0) is 28.8. The maximum atomic E-state index is 13.6. The molecule has 0 saturated carbocycles. The van der Waals surface area contributed by atoms with Crippen LogP contribution in [0.1, 0.15) is 125 Å². The minimum absolute atomic E-state index is 0.479. The Morgan fingerprint density at radius 3 is 2.49 bits per heavy atom. The van der Waals surface area contributed by atoms with Gasteiger partial charge in [0.1, 0.15) is 18.2 Å². The Labute approximate surface area is 238 Å². The molecule has 1 fully saturated rings. The van der Waals surface area contributed by atoms with E-state index in [-0.39, 0.29) is 0 Å². The van der Waals surface area contributed by atoms with E-state index < -0.39 is 6.17 Å². The lowest BCUT2D eigenvalue weighted by atomic mass is 9.86. The maximum Gasteiger partial charge on any atom is 0.118 e. The minimum atomic E-state index is -0.718. The summed E-state index contributed by atoms with van der Waals surface area (Å²) in [7, 11) is 0. The van der Waals surface area contributed by atoms with Crippen LogP contribution in [-0.4, -0.2) is 40.2 Å². The van der Waals surface area contributed by atoms with Crippen molar-refractivity contribution in [2.75, 3.05) is 13.1 Å². The fourth-order valence-electron chi connectivity index (χ4n) is 5.95. The van der Waals surface area contributed by atoms with E-state index in [9.17, 15) is 4.39 Å². The number of unbranched alkanes of at least 4 members (excludes halogenated alkanes) is 1. The van der Waals surface area contributed by atoms with Crippen LogP contribution in [-0.2, 0) is 24.2 Å². The van der Waals surface area contributed by atoms with Crippen molar-refractivity contribution in [2.45, 2.75) is 131 Å². The molecule has 2 atom stereocenters. The van der Waals surface area contributed by atoms with E-state index in [0.717, 1.165) is 55.9 Å². The molecule has 1 saturated heterocycles. The van der Waals surface area contributed by atoms with Gasteiger partial charge in [0.15, 0.2) is 0 Å². The van der Waals surface area contributed by atoms with Crippen molar-refractivity contribution in [3.05, 3.63) is 58.4 Å². The van der Waals surface area contributed by atoms with Crippen molar-refractivity contribution < 1.29 is 9.18 Å². The molecule has 0 amide bonds. The van der Waals surface area contributed by atoms with Crippen molar-refractivity contribution in [3.8, 4) is 0 Å². The predicted molar refractivity (Wildman–Crippen MR) is 164 cm³/mol. The van der Waals surface area contributed by atoms with E-state index in [1.165, 1.54) is 74.3 Å². The average Bonchev–Trinajstić information content (AvgIpc) is 3.32. The molecular weight excluding hydrogens is 485 g/mol. The first-order valence-corrected chi connectivity index (χ1v) is 15.4. The summed E-state index contributed by atoms with van der Waals surface area (Å²) in [5.74, 6) is 0.782. The summed E-state index contributed by atoms with van der Waals surface area (Å²) in [5, 5.41) is 4.76. The topological polar surface area (TPSA) is 38.1 Å². The van der Waals surface area contributed by atoms with E-state index in [4.69, 9.17) is 9.89 Å². The second-order valence-corrected chi connectivity index (χ2v) is 11.1. The maximum absolute atomic E-state index is 13.6. The third-order valence-corrected chi connectivity index (χ3v) is 8.20. The van der Waals surface area contributed by atoms with E-state index in [1.54, 1.807) is 5.56 Å². The van der Waals surface area contributed by atoms with Gasteiger partial charge < -0.3 is 9.69 Å². The van der Waals surface area contributed by atoms with Crippen LogP contribution in [0, 0.1) is 13.8 Å². The number of piperidine rings is 1. The Kier molecular flexibility index (Phi) is 14.5. The molecule has 4 rings (SSSR count). The van der Waals surface area contributed by atoms with Crippen LogP contribution in [0.5, 0.6) is 0 Å². The highest BCUT2D eigenvalue weighted by molar-refractivity contribution is 5.63. The highest BCUT2D eigenvalue weighted by Crippen LogP contribution is 2.32. The number of alkyl halides is 1. The van der Waals surface area contributed by atoms with Gasteiger partial charge in [0, 0.05) is 30.9 Å². The van der Waals surface area contributed by atoms with Gasteiger partial charge >= 0.3 is 0 Å². The molecule has 1 aliphatic heterocycles. The summed E-state index contributed by atoms with van der Waals surface area (Å²) >= 11 is 0. The second kappa shape index (κ2) is 17.3. The van der Waals surface area contributed by atoms with E-state index >= 15 is 0 Å². The summed E-state index contributed by atoms with van der Waals surface area (Å²) in [6, 6.07) is 6.77. The normalized spacial score (nSPS) is 17.2. The number of rotatable bonds is 9. The molecule has 1 aliphatic carbocycles. The molecule has 2 aromatic rings. The van der Waals surface area contributed by atoms with Crippen LogP contribution in [0.15, 0.2) is 24.8 Å². The number of hydrogen-bond donors (Lipinski definition) is 0. The van der Waals surface area contributed by atoms with E-state index in [2.05, 4.69) is 69.0 Å². The number of fused-ring (bicyclic) bond motifs is 1. The molecule has 5 heteroatoms. The first-order valence-electron chi connectivity index (χ1n) is 15.4. The third kappa shape index (κ3) is 9.32. The minimum Gasteiger partial charge on any atom is -0.367 e. The summed E-state index contributed by atoms with van der Waals surface area (Å²) < 4.78 is 15.7. The summed E-state index contributed by atoms with van der Waals surface area (Å²) in [6.45, 7) is 19.2. The number of aromatic nitrogens is 2. The molecule has 2 heterocycles. The quantitative estimate of drug-likeness (QED) is 0.299. The summed E-state index contributed by atoms with van der Waals surface area (Å²) in [5.41, 5.74) is 9.24. The van der Waals surface area contributed by atoms with Crippen LogP contribution in [0.2, 0.25) is 0 Å². The lowest BCUT2D eigenvalue weighted by molar-refractivity contribution is -0.106. The van der Waals surface area contributed by atoms with Gasteiger partial charge in [-0.1, -0.05) is 57.9 Å². The lowest BCUT2D eigenvalue weighted by Gasteiger charge is -2.32. The van der Waals surface area contributed by atoms with Crippen LogP contribution in [0.25, 0.3) is 5.70 Å². The number of aldehydes is 1. The summed E-state index contributed by atoms with van der Waals surface area (Å²) in [4.78, 5) is 10.9. The molecule has 0 radical (unpaired) electrons. The number of aryl methyl sites for hydroxylation is 2. The summed E-state index contributed by atoms with van der Waals surface area (Å²) in [6.07, 6.45) is 13.0. The van der Waals surface area contributed by atoms with Gasteiger partial charge in [-0.2, -0.15) is 5.10 Å². The van der Waals surface area contributed by atoms with Gasteiger partial charge in [-0.25, -0.2) is 4.39 Å². The number of carbonyl (C=O) groups excluding carboxylic acids is 1. The molecule has 0 spiro atoms. The molecular formula is C34H54FN3O. The Hall–Kier alpha value is -2.43. The van der Waals surface area contributed by atoms with E-state index in [1.807, 2.05) is 0 Å². The SMILES string of the molecule is C=C(c1nn(CC)c2c1CCCC2)N1CCCC(F)C1.CC=O.CCCCC(CCC)c1cccc(C)c1C. The zero-order valence-electron chi connectivity index (χ0n) is 25.7. The van der Waals surface area contributed by atoms with Crippen molar-refractivity contribution in [3.63, 3.8) is 0 Å². The highest BCUT2D eigenvalue weighted by atomic mass is 19.1. The smallest absolute Gasteiger partial charge is 0.118 e. The monoisotopic (exact) mass is 539 g/mol. The number of nitrogens with zero attached hydrogens (tertiary/aromatic N) is 3. The Balaban J connectivity index is 0.000000255. The number of benzene rings is 1.